The average Bonchev–Trinajstić information content (AvgIpc) is 2.54. The van der Waals surface area contributed by atoms with Crippen LogP contribution >= 0.6 is 0 Å². The second-order valence-electron chi connectivity index (χ2n) is 6.23. The van der Waals surface area contributed by atoms with Gasteiger partial charge in [-0.15, -0.1) is 0 Å². The van der Waals surface area contributed by atoms with Gasteiger partial charge in [-0.2, -0.15) is 25.8 Å². The highest BCUT2D eigenvalue weighted by atomic mass is 32.2. The molecule has 0 radical (unpaired) electrons. The summed E-state index contributed by atoms with van der Waals surface area (Å²) in [5.74, 6) is 0.371. The third-order valence-electron chi connectivity index (χ3n) is 4.19. The quantitative estimate of drug-likeness (QED) is 0.732. The van der Waals surface area contributed by atoms with Crippen LogP contribution < -0.4 is 9.47 Å². The summed E-state index contributed by atoms with van der Waals surface area (Å²) in [4.78, 5) is 0. The highest BCUT2D eigenvalue weighted by Gasteiger charge is 2.30. The second-order valence-corrected chi connectivity index (χ2v) is 8.27. The van der Waals surface area contributed by atoms with Crippen molar-refractivity contribution in [1.29, 1.82) is 0 Å². The first-order chi connectivity index (χ1) is 11.7. The molecule has 1 aliphatic heterocycles. The van der Waals surface area contributed by atoms with Crippen molar-refractivity contribution in [3.05, 3.63) is 23.8 Å². The van der Waals surface area contributed by atoms with E-state index in [1.165, 1.54) is 34.9 Å². The molecule has 9 heteroatoms. The Kier molecular flexibility index (Phi) is 6.59. The van der Waals surface area contributed by atoms with Crippen LogP contribution in [0.1, 0.15) is 25.3 Å². The van der Waals surface area contributed by atoms with Gasteiger partial charge in [-0.1, -0.05) is 13.0 Å². The van der Waals surface area contributed by atoms with Gasteiger partial charge in [0.15, 0.2) is 11.5 Å². The number of hydrogen-bond donors (Lipinski definition) is 0. The molecule has 0 bridgehead atoms. The summed E-state index contributed by atoms with van der Waals surface area (Å²) >= 11 is 0. The van der Waals surface area contributed by atoms with Crippen LogP contribution in [0.25, 0.3) is 0 Å². The summed E-state index contributed by atoms with van der Waals surface area (Å²) in [7, 11) is -0.771. The predicted octanol–water partition coefficient (Wildman–Crippen LogP) is 2.71. The van der Waals surface area contributed by atoms with Gasteiger partial charge in [0.25, 0.3) is 10.2 Å². The summed E-state index contributed by atoms with van der Waals surface area (Å²) in [6.07, 6.45) is 1.85. The number of halogens is 2. The molecule has 0 amide bonds. The topological polar surface area (TPSA) is 59.1 Å². The summed E-state index contributed by atoms with van der Waals surface area (Å²) in [6, 6.07) is 4.48. The van der Waals surface area contributed by atoms with Crippen LogP contribution in [-0.2, 0) is 16.8 Å². The minimum Gasteiger partial charge on any atom is -0.493 e. The molecule has 1 saturated heterocycles. The fourth-order valence-corrected chi connectivity index (χ4v) is 4.41. The monoisotopic (exact) mass is 378 g/mol. The molecule has 0 aromatic heterocycles. The van der Waals surface area contributed by atoms with Crippen LogP contribution in [0.15, 0.2) is 18.2 Å². The van der Waals surface area contributed by atoms with E-state index in [1.807, 2.05) is 6.92 Å². The van der Waals surface area contributed by atoms with E-state index >= 15 is 0 Å². The molecule has 0 N–H and O–H groups in total. The molecular formula is C16H24F2N2O4S. The first kappa shape index (κ1) is 19.9. The molecule has 1 aliphatic rings. The van der Waals surface area contributed by atoms with E-state index in [0.717, 1.165) is 12.8 Å². The van der Waals surface area contributed by atoms with Crippen LogP contribution in [0.2, 0.25) is 0 Å². The molecule has 6 nitrogen and oxygen atoms in total. The Hall–Kier alpha value is -1.45. The van der Waals surface area contributed by atoms with Crippen LogP contribution in [0, 0.1) is 5.92 Å². The normalized spacial score (nSPS) is 19.4. The molecule has 0 spiro atoms. The van der Waals surface area contributed by atoms with Crippen molar-refractivity contribution in [3.8, 4) is 11.5 Å². The van der Waals surface area contributed by atoms with Gasteiger partial charge in [-0.25, -0.2) is 0 Å². The SMILES string of the molecule is COc1ccc(CN(C)S(=O)(=O)N2CCCC(C)C2)cc1OC(F)F. The third kappa shape index (κ3) is 5.02. The van der Waals surface area contributed by atoms with E-state index in [4.69, 9.17) is 4.74 Å². The van der Waals surface area contributed by atoms with Crippen molar-refractivity contribution in [3.63, 3.8) is 0 Å². The zero-order valence-corrected chi connectivity index (χ0v) is 15.4. The number of alkyl halides is 2. The van der Waals surface area contributed by atoms with Gasteiger partial charge in [0.1, 0.15) is 0 Å². The lowest BCUT2D eigenvalue weighted by atomic mass is 10.0. The average molecular weight is 378 g/mol. The van der Waals surface area contributed by atoms with Crippen molar-refractivity contribution in [2.75, 3.05) is 27.2 Å². The zero-order chi connectivity index (χ0) is 18.6. The Morgan fingerprint density at radius 1 is 1.36 bits per heavy atom. The van der Waals surface area contributed by atoms with Crippen LogP contribution in [0.5, 0.6) is 11.5 Å². The van der Waals surface area contributed by atoms with E-state index in [1.54, 1.807) is 6.07 Å². The van der Waals surface area contributed by atoms with E-state index in [-0.39, 0.29) is 18.0 Å². The van der Waals surface area contributed by atoms with Gasteiger partial charge in [-0.05, 0) is 36.5 Å². The summed E-state index contributed by atoms with van der Waals surface area (Å²) in [5.41, 5.74) is 0.535. The second kappa shape index (κ2) is 8.29. The van der Waals surface area contributed by atoms with Gasteiger partial charge in [-0.3, -0.25) is 0 Å². The van der Waals surface area contributed by atoms with Crippen molar-refractivity contribution >= 4 is 10.2 Å². The van der Waals surface area contributed by atoms with E-state index < -0.39 is 16.8 Å². The molecule has 1 aromatic rings. The molecule has 1 aromatic carbocycles. The number of rotatable bonds is 7. The fraction of sp³-hybridized carbons (Fsp3) is 0.625. The smallest absolute Gasteiger partial charge is 0.387 e. The standard InChI is InChI=1S/C16H24F2N2O4S/c1-12-5-4-8-20(10-12)25(21,22)19(2)11-13-6-7-14(23-3)15(9-13)24-16(17)18/h6-7,9,12,16H,4-5,8,10-11H2,1-3H3. The Morgan fingerprint density at radius 3 is 2.68 bits per heavy atom. The minimum atomic E-state index is -3.60. The third-order valence-corrected chi connectivity index (χ3v) is 6.09. The van der Waals surface area contributed by atoms with Crippen molar-refractivity contribution in [1.82, 2.24) is 8.61 Å². The molecule has 0 aliphatic carbocycles. The van der Waals surface area contributed by atoms with Gasteiger partial charge in [0.2, 0.25) is 0 Å². The number of methoxy groups -OCH3 is 1. The highest BCUT2D eigenvalue weighted by molar-refractivity contribution is 7.86. The maximum Gasteiger partial charge on any atom is 0.387 e. The van der Waals surface area contributed by atoms with Gasteiger partial charge >= 0.3 is 6.61 Å². The molecule has 2 rings (SSSR count). The predicted molar refractivity (Wildman–Crippen MR) is 90.0 cm³/mol. The van der Waals surface area contributed by atoms with Gasteiger partial charge < -0.3 is 9.47 Å². The Bertz CT molecular complexity index is 685. The lowest BCUT2D eigenvalue weighted by Crippen LogP contribution is -2.45. The number of benzene rings is 1. The Labute approximate surface area is 147 Å². The van der Waals surface area contributed by atoms with Crippen molar-refractivity contribution in [2.24, 2.45) is 5.92 Å². The van der Waals surface area contributed by atoms with E-state index in [0.29, 0.717) is 24.6 Å². The molecular weight excluding hydrogens is 354 g/mol. The number of nitrogens with zero attached hydrogens (tertiary/aromatic N) is 2. The maximum absolute atomic E-state index is 12.7. The minimum absolute atomic E-state index is 0.0524. The first-order valence-electron chi connectivity index (χ1n) is 8.07. The molecule has 142 valence electrons. The Balaban J connectivity index is 2.14. The summed E-state index contributed by atoms with van der Waals surface area (Å²) < 4.78 is 62.5. The van der Waals surface area contributed by atoms with Crippen LogP contribution in [0.4, 0.5) is 8.78 Å². The maximum atomic E-state index is 12.7. The lowest BCUT2D eigenvalue weighted by molar-refractivity contribution is -0.0512. The number of hydrogen-bond acceptors (Lipinski definition) is 4. The lowest BCUT2D eigenvalue weighted by Gasteiger charge is -2.33. The molecule has 1 unspecified atom stereocenters. The number of piperidine rings is 1. The molecule has 25 heavy (non-hydrogen) atoms. The first-order valence-corrected chi connectivity index (χ1v) is 9.47. The highest BCUT2D eigenvalue weighted by Crippen LogP contribution is 2.30. The molecule has 1 atom stereocenters. The number of ether oxygens (including phenoxy) is 2. The molecule has 0 saturated carbocycles. The fourth-order valence-electron chi connectivity index (χ4n) is 2.90. The summed E-state index contributed by atoms with van der Waals surface area (Å²) in [5, 5.41) is 0. The van der Waals surface area contributed by atoms with Crippen LogP contribution in [0.3, 0.4) is 0 Å². The Morgan fingerprint density at radius 2 is 2.08 bits per heavy atom. The van der Waals surface area contributed by atoms with Gasteiger partial charge in [0.05, 0.1) is 7.11 Å². The van der Waals surface area contributed by atoms with E-state index in [2.05, 4.69) is 4.74 Å². The van der Waals surface area contributed by atoms with E-state index in [9.17, 15) is 17.2 Å². The van der Waals surface area contributed by atoms with Crippen molar-refractivity contribution in [2.45, 2.75) is 32.9 Å². The molecule has 1 fully saturated rings. The van der Waals surface area contributed by atoms with Gasteiger partial charge in [0, 0.05) is 26.7 Å². The van der Waals surface area contributed by atoms with Crippen LogP contribution in [-0.4, -0.2) is 50.9 Å². The van der Waals surface area contributed by atoms with Crippen molar-refractivity contribution < 1.29 is 26.7 Å². The largest absolute Gasteiger partial charge is 0.493 e. The summed E-state index contributed by atoms with van der Waals surface area (Å²) in [6.45, 7) is 0.0880. The zero-order valence-electron chi connectivity index (χ0n) is 14.6. The molecule has 1 heterocycles.